The Hall–Kier alpha value is -3.12. The van der Waals surface area contributed by atoms with Crippen molar-refractivity contribution in [1.82, 2.24) is 9.80 Å². The lowest BCUT2D eigenvalue weighted by Crippen LogP contribution is -2.48. The number of hydrogen-bond donors (Lipinski definition) is 0. The molecule has 2 aliphatic heterocycles. The molecule has 3 aromatic carbocycles. The molecule has 3 aromatic rings. The van der Waals surface area contributed by atoms with E-state index in [-0.39, 0.29) is 16.8 Å². The number of nitrogens with zero attached hydrogens (tertiary/aromatic N) is 3. The number of anilines is 1. The highest BCUT2D eigenvalue weighted by Gasteiger charge is 2.43. The van der Waals surface area contributed by atoms with Crippen molar-refractivity contribution in [2.45, 2.75) is 13.0 Å². The van der Waals surface area contributed by atoms with Crippen molar-refractivity contribution < 1.29 is 9.59 Å². The standard InChI is InChI=1S/C28H25Cl2N3O2/c1-19-22(29)13-8-14-23(19)33-27(34)24(30)26(28(33)35)32-17-15-31(16-18-32)25(20-9-4-2-5-10-20)21-11-6-3-7-12-21/h2-14,25H,15-18H2,1H3. The van der Waals surface area contributed by atoms with E-state index in [0.29, 0.717) is 29.4 Å². The fourth-order valence-electron chi connectivity index (χ4n) is 4.91. The molecule has 35 heavy (non-hydrogen) atoms. The van der Waals surface area contributed by atoms with Crippen LogP contribution in [0.2, 0.25) is 5.02 Å². The topological polar surface area (TPSA) is 43.9 Å². The number of carbonyl (C=O) groups excluding carboxylic acids is 2. The van der Waals surface area contributed by atoms with Gasteiger partial charge < -0.3 is 4.90 Å². The number of imide groups is 1. The Morgan fingerprint density at radius 2 is 1.29 bits per heavy atom. The summed E-state index contributed by atoms with van der Waals surface area (Å²) in [5.41, 5.74) is 3.84. The van der Waals surface area contributed by atoms with Crippen molar-refractivity contribution in [3.8, 4) is 0 Å². The van der Waals surface area contributed by atoms with E-state index >= 15 is 0 Å². The van der Waals surface area contributed by atoms with Gasteiger partial charge in [0.15, 0.2) is 0 Å². The monoisotopic (exact) mass is 505 g/mol. The SMILES string of the molecule is Cc1c(Cl)cccc1N1C(=O)C(Cl)=C(N2CCN(C(c3ccccc3)c3ccccc3)CC2)C1=O. The first-order chi connectivity index (χ1) is 17.0. The van der Waals surface area contributed by atoms with Crippen LogP contribution in [0.4, 0.5) is 5.69 Å². The summed E-state index contributed by atoms with van der Waals surface area (Å²) in [7, 11) is 0. The summed E-state index contributed by atoms with van der Waals surface area (Å²) in [5, 5.41) is 0.458. The van der Waals surface area contributed by atoms with Gasteiger partial charge in [-0.25, -0.2) is 4.90 Å². The maximum absolute atomic E-state index is 13.4. The Balaban J connectivity index is 1.37. The first-order valence-electron chi connectivity index (χ1n) is 11.6. The Kier molecular flexibility index (Phi) is 6.65. The summed E-state index contributed by atoms with van der Waals surface area (Å²) in [4.78, 5) is 31.9. The van der Waals surface area contributed by atoms with Crippen molar-refractivity contribution in [2.24, 2.45) is 0 Å². The molecule has 5 rings (SSSR count). The lowest BCUT2D eigenvalue weighted by atomic mass is 9.96. The number of rotatable bonds is 5. The zero-order valence-electron chi connectivity index (χ0n) is 19.3. The van der Waals surface area contributed by atoms with E-state index in [2.05, 4.69) is 53.4 Å². The largest absolute Gasteiger partial charge is 0.363 e. The first kappa shape index (κ1) is 23.6. The highest BCUT2D eigenvalue weighted by Crippen LogP contribution is 2.36. The maximum Gasteiger partial charge on any atom is 0.283 e. The van der Waals surface area contributed by atoms with Gasteiger partial charge in [0.2, 0.25) is 0 Å². The van der Waals surface area contributed by atoms with Gasteiger partial charge in [0.05, 0.1) is 11.7 Å². The molecule has 0 atom stereocenters. The number of benzene rings is 3. The minimum absolute atomic E-state index is 0.0366. The molecule has 0 unspecified atom stereocenters. The van der Waals surface area contributed by atoms with Gasteiger partial charge in [-0.3, -0.25) is 14.5 Å². The third kappa shape index (κ3) is 4.36. The van der Waals surface area contributed by atoms with E-state index in [1.807, 2.05) is 17.0 Å². The molecule has 1 fully saturated rings. The molecule has 178 valence electrons. The van der Waals surface area contributed by atoms with Crippen molar-refractivity contribution >= 4 is 40.7 Å². The van der Waals surface area contributed by atoms with Crippen LogP contribution < -0.4 is 4.90 Å². The normalized spacial score (nSPS) is 17.1. The predicted octanol–water partition coefficient (Wildman–Crippen LogP) is 5.38. The Labute approximate surface area is 215 Å². The molecule has 1 saturated heterocycles. The van der Waals surface area contributed by atoms with Crippen LogP contribution in [0.5, 0.6) is 0 Å². The zero-order valence-corrected chi connectivity index (χ0v) is 20.8. The molecule has 0 aromatic heterocycles. The highest BCUT2D eigenvalue weighted by molar-refractivity contribution is 6.52. The molecule has 5 nitrogen and oxygen atoms in total. The van der Waals surface area contributed by atoms with Crippen molar-refractivity contribution in [1.29, 1.82) is 0 Å². The zero-order chi connectivity index (χ0) is 24.5. The fourth-order valence-corrected chi connectivity index (χ4v) is 5.37. The number of amides is 2. The summed E-state index contributed by atoms with van der Waals surface area (Å²) >= 11 is 12.7. The average Bonchev–Trinajstić information content (AvgIpc) is 3.11. The van der Waals surface area contributed by atoms with E-state index in [1.54, 1.807) is 25.1 Å². The van der Waals surface area contributed by atoms with E-state index in [4.69, 9.17) is 23.2 Å². The van der Waals surface area contributed by atoms with Crippen LogP contribution in [0.3, 0.4) is 0 Å². The minimum Gasteiger partial charge on any atom is -0.363 e. The lowest BCUT2D eigenvalue weighted by molar-refractivity contribution is -0.121. The Morgan fingerprint density at radius 3 is 1.86 bits per heavy atom. The number of piperazine rings is 1. The summed E-state index contributed by atoms with van der Waals surface area (Å²) in [6, 6.07) is 26.1. The second kappa shape index (κ2) is 9.86. The van der Waals surface area contributed by atoms with Gasteiger partial charge >= 0.3 is 0 Å². The quantitative estimate of drug-likeness (QED) is 0.436. The second-order valence-corrected chi connectivity index (χ2v) is 9.52. The van der Waals surface area contributed by atoms with Gasteiger partial charge in [0.1, 0.15) is 10.7 Å². The Morgan fingerprint density at radius 1 is 0.714 bits per heavy atom. The fraction of sp³-hybridized carbons (Fsp3) is 0.214. The molecule has 0 bridgehead atoms. The van der Waals surface area contributed by atoms with Crippen LogP contribution in [-0.2, 0) is 9.59 Å². The molecule has 0 saturated carbocycles. The van der Waals surface area contributed by atoms with Crippen LogP contribution in [0.15, 0.2) is 89.6 Å². The van der Waals surface area contributed by atoms with Crippen LogP contribution in [0.25, 0.3) is 0 Å². The lowest BCUT2D eigenvalue weighted by Gasteiger charge is -2.40. The summed E-state index contributed by atoms with van der Waals surface area (Å²) in [6.07, 6.45) is 0. The molecular weight excluding hydrogens is 481 g/mol. The van der Waals surface area contributed by atoms with Crippen LogP contribution in [0, 0.1) is 6.92 Å². The van der Waals surface area contributed by atoms with Gasteiger partial charge in [-0.15, -0.1) is 0 Å². The maximum atomic E-state index is 13.4. The van der Waals surface area contributed by atoms with Crippen molar-refractivity contribution in [3.05, 3.63) is 111 Å². The molecule has 2 heterocycles. The third-order valence-electron chi connectivity index (χ3n) is 6.71. The molecule has 0 spiro atoms. The van der Waals surface area contributed by atoms with Crippen LogP contribution in [0.1, 0.15) is 22.7 Å². The Bertz CT molecular complexity index is 1250. The summed E-state index contributed by atoms with van der Waals surface area (Å²) < 4.78 is 0. The highest BCUT2D eigenvalue weighted by atomic mass is 35.5. The average molecular weight is 506 g/mol. The predicted molar refractivity (Wildman–Crippen MR) is 139 cm³/mol. The summed E-state index contributed by atoms with van der Waals surface area (Å²) in [5.74, 6) is -0.910. The number of carbonyl (C=O) groups is 2. The summed E-state index contributed by atoms with van der Waals surface area (Å²) in [6.45, 7) is 4.40. The van der Waals surface area contributed by atoms with Gasteiger partial charge in [-0.2, -0.15) is 0 Å². The van der Waals surface area contributed by atoms with Crippen molar-refractivity contribution in [3.63, 3.8) is 0 Å². The number of halogens is 2. The number of hydrogen-bond acceptors (Lipinski definition) is 4. The van der Waals surface area contributed by atoms with E-state index in [1.165, 1.54) is 11.1 Å². The van der Waals surface area contributed by atoms with Crippen LogP contribution >= 0.6 is 23.2 Å². The molecule has 0 radical (unpaired) electrons. The molecule has 7 heteroatoms. The van der Waals surface area contributed by atoms with E-state index < -0.39 is 11.8 Å². The van der Waals surface area contributed by atoms with E-state index in [0.717, 1.165) is 18.0 Å². The third-order valence-corrected chi connectivity index (χ3v) is 7.46. The smallest absolute Gasteiger partial charge is 0.283 e. The molecule has 2 aliphatic rings. The van der Waals surface area contributed by atoms with E-state index in [9.17, 15) is 9.59 Å². The van der Waals surface area contributed by atoms with Crippen LogP contribution in [-0.4, -0.2) is 47.8 Å². The first-order valence-corrected chi connectivity index (χ1v) is 12.4. The molecule has 2 amide bonds. The minimum atomic E-state index is -0.508. The van der Waals surface area contributed by atoms with Gasteiger partial charge in [0.25, 0.3) is 11.8 Å². The van der Waals surface area contributed by atoms with Gasteiger partial charge in [-0.1, -0.05) is 89.9 Å². The molecule has 0 N–H and O–H groups in total. The van der Waals surface area contributed by atoms with Gasteiger partial charge in [-0.05, 0) is 35.7 Å². The molecule has 0 aliphatic carbocycles. The van der Waals surface area contributed by atoms with Crippen molar-refractivity contribution in [2.75, 3.05) is 31.1 Å². The second-order valence-electron chi connectivity index (χ2n) is 8.74. The molecular formula is C28H25Cl2N3O2. The van der Waals surface area contributed by atoms with Gasteiger partial charge in [0, 0.05) is 31.2 Å².